The number of rotatable bonds is 10. The molecule has 0 spiro atoms. The van der Waals surface area contributed by atoms with E-state index in [1.54, 1.807) is 19.9 Å². The van der Waals surface area contributed by atoms with Crippen LogP contribution in [0.2, 0.25) is 0 Å². The highest BCUT2D eigenvalue weighted by molar-refractivity contribution is 5.90. The number of fused-ring (bicyclic) bond motifs is 1. The van der Waals surface area contributed by atoms with Crippen LogP contribution >= 0.6 is 0 Å². The molecule has 2 fully saturated rings. The Hall–Kier alpha value is -3.91. The van der Waals surface area contributed by atoms with Gasteiger partial charge >= 0.3 is 5.97 Å². The van der Waals surface area contributed by atoms with Gasteiger partial charge in [0.15, 0.2) is 0 Å². The first-order valence-electron chi connectivity index (χ1n) is 15.6. The van der Waals surface area contributed by atoms with Gasteiger partial charge in [-0.1, -0.05) is 38.1 Å². The van der Waals surface area contributed by atoms with Gasteiger partial charge in [-0.2, -0.15) is 0 Å². The highest BCUT2D eigenvalue weighted by Gasteiger charge is 2.44. The second-order valence-electron chi connectivity index (χ2n) is 13.0. The SMILES string of the molecule is CC(C)[C@H](O)C(=O)N[C@@H](C)C(=O)N1CCC[C@@H](C(=O)N[C@H](C)c2ccc3ccc(C=CC4(C(=O)O)COC(C)(C)CO4)cc3n2)N1. The van der Waals surface area contributed by atoms with Crippen LogP contribution in [0.5, 0.6) is 0 Å². The van der Waals surface area contributed by atoms with Crippen molar-refractivity contribution < 1.29 is 38.9 Å². The molecular weight excluding hydrogens is 594 g/mol. The lowest BCUT2D eigenvalue weighted by Crippen LogP contribution is -2.61. The average Bonchev–Trinajstić information content (AvgIpc) is 3.03. The molecule has 3 heterocycles. The normalized spacial score (nSPS) is 23.6. The lowest BCUT2D eigenvalue weighted by molar-refractivity contribution is -0.216. The van der Waals surface area contributed by atoms with E-state index in [0.717, 1.165) is 10.9 Å². The summed E-state index contributed by atoms with van der Waals surface area (Å²) in [6, 6.07) is 7.30. The van der Waals surface area contributed by atoms with Crippen molar-refractivity contribution in [3.05, 3.63) is 47.7 Å². The van der Waals surface area contributed by atoms with Crippen LogP contribution < -0.4 is 16.1 Å². The molecule has 2 saturated heterocycles. The number of hydrogen-bond donors (Lipinski definition) is 5. The summed E-state index contributed by atoms with van der Waals surface area (Å²) in [6.07, 6.45) is 3.05. The summed E-state index contributed by atoms with van der Waals surface area (Å²) in [6.45, 7) is 10.8. The zero-order chi connectivity index (χ0) is 33.8. The van der Waals surface area contributed by atoms with Gasteiger partial charge in [-0.05, 0) is 70.2 Å². The number of carbonyl (C=O) groups excluding carboxylic acids is 3. The lowest BCUT2D eigenvalue weighted by atomic mass is 9.99. The maximum absolute atomic E-state index is 13.2. The van der Waals surface area contributed by atoms with Crippen LogP contribution in [0.4, 0.5) is 0 Å². The molecule has 2 aliphatic heterocycles. The van der Waals surface area contributed by atoms with E-state index in [0.29, 0.717) is 30.6 Å². The molecule has 1 unspecified atom stereocenters. The quantitative estimate of drug-likeness (QED) is 0.258. The number of amides is 3. The van der Waals surface area contributed by atoms with Crippen molar-refractivity contribution in [3.8, 4) is 0 Å². The Balaban J connectivity index is 1.39. The summed E-state index contributed by atoms with van der Waals surface area (Å²) >= 11 is 0. The lowest BCUT2D eigenvalue weighted by Gasteiger charge is -2.39. The van der Waals surface area contributed by atoms with E-state index in [4.69, 9.17) is 14.5 Å². The predicted molar refractivity (Wildman–Crippen MR) is 170 cm³/mol. The van der Waals surface area contributed by atoms with Gasteiger partial charge in [-0.25, -0.2) is 10.2 Å². The second-order valence-corrected chi connectivity index (χ2v) is 13.0. The molecule has 13 nitrogen and oxygen atoms in total. The van der Waals surface area contributed by atoms with E-state index in [2.05, 4.69) is 16.1 Å². The number of carbonyl (C=O) groups is 4. The summed E-state index contributed by atoms with van der Waals surface area (Å²) in [4.78, 5) is 55.2. The zero-order valence-corrected chi connectivity index (χ0v) is 27.2. The smallest absolute Gasteiger partial charge is 0.342 e. The minimum atomic E-state index is -1.59. The molecule has 46 heavy (non-hydrogen) atoms. The Bertz CT molecular complexity index is 1480. The van der Waals surface area contributed by atoms with Crippen molar-refractivity contribution in [3.63, 3.8) is 0 Å². The number of ether oxygens (including phenoxy) is 2. The van der Waals surface area contributed by atoms with Crippen LogP contribution in [0.3, 0.4) is 0 Å². The Kier molecular flexibility index (Phi) is 10.8. The van der Waals surface area contributed by atoms with E-state index in [9.17, 15) is 29.4 Å². The van der Waals surface area contributed by atoms with Crippen molar-refractivity contribution in [2.75, 3.05) is 19.8 Å². The molecule has 5 atom stereocenters. The first kappa shape index (κ1) is 35.0. The molecule has 2 aliphatic rings. The maximum atomic E-state index is 13.2. The summed E-state index contributed by atoms with van der Waals surface area (Å²) in [5.74, 6) is -2.75. The second kappa shape index (κ2) is 14.2. The van der Waals surface area contributed by atoms with Crippen LogP contribution in [-0.4, -0.2) is 93.0 Å². The van der Waals surface area contributed by atoms with E-state index < -0.39 is 53.2 Å². The molecule has 3 amide bonds. The summed E-state index contributed by atoms with van der Waals surface area (Å²) in [5, 5.41) is 27.5. The molecule has 250 valence electrons. The molecule has 5 N–H and O–H groups in total. The molecule has 13 heteroatoms. The van der Waals surface area contributed by atoms with Crippen LogP contribution in [0.1, 0.15) is 71.7 Å². The number of aliphatic carboxylic acids is 1. The van der Waals surface area contributed by atoms with Gasteiger partial charge in [0.1, 0.15) is 18.2 Å². The topological polar surface area (TPSA) is 179 Å². The molecule has 0 aliphatic carbocycles. The fourth-order valence-corrected chi connectivity index (χ4v) is 5.12. The first-order valence-corrected chi connectivity index (χ1v) is 15.6. The van der Waals surface area contributed by atoms with E-state index >= 15 is 0 Å². The predicted octanol–water partition coefficient (Wildman–Crippen LogP) is 2.09. The molecule has 2 aromatic rings. The number of aliphatic hydroxyl groups excluding tert-OH is 1. The van der Waals surface area contributed by atoms with Crippen molar-refractivity contribution in [1.82, 2.24) is 26.1 Å². The van der Waals surface area contributed by atoms with Crippen LogP contribution in [0.15, 0.2) is 36.4 Å². The summed E-state index contributed by atoms with van der Waals surface area (Å²) in [7, 11) is 0. The average molecular weight is 640 g/mol. The molecule has 0 radical (unpaired) electrons. The molecular formula is C33H45N5O8. The van der Waals surface area contributed by atoms with Gasteiger partial charge in [0.2, 0.25) is 17.4 Å². The number of pyridine rings is 1. The monoisotopic (exact) mass is 639 g/mol. The van der Waals surface area contributed by atoms with Crippen LogP contribution in [-0.2, 0) is 28.7 Å². The van der Waals surface area contributed by atoms with Crippen molar-refractivity contribution in [2.24, 2.45) is 5.92 Å². The third-order valence-electron chi connectivity index (χ3n) is 8.20. The minimum absolute atomic E-state index is 0.112. The van der Waals surface area contributed by atoms with Crippen LogP contribution in [0.25, 0.3) is 17.0 Å². The molecule has 0 bridgehead atoms. The Labute approximate surface area is 268 Å². The van der Waals surface area contributed by atoms with E-state index in [1.165, 1.54) is 18.0 Å². The van der Waals surface area contributed by atoms with Crippen molar-refractivity contribution in [1.29, 1.82) is 0 Å². The molecule has 1 aromatic carbocycles. The third kappa shape index (κ3) is 8.27. The standard InChI is InChI=1S/C33H45N5O8/c1-19(2)27(39)29(41)35-21(4)30(42)38-15-7-8-25(37-38)28(40)34-20(3)24-12-11-23-10-9-22(16-26(23)36-24)13-14-33(31(43)44)18-45-32(5,6)17-46-33/h9-14,16,19-21,25,27,37,39H,7-8,15,17-18H2,1-6H3,(H,34,40)(H,35,41)(H,43,44)/t20-,21+,25+,27+,33?/m1/s1. The van der Waals surface area contributed by atoms with Crippen LogP contribution in [0, 0.1) is 5.92 Å². The fourth-order valence-electron chi connectivity index (χ4n) is 5.12. The number of carboxylic acids is 1. The van der Waals surface area contributed by atoms with Gasteiger partial charge in [-0.15, -0.1) is 0 Å². The van der Waals surface area contributed by atoms with E-state index in [-0.39, 0.29) is 25.0 Å². The molecule has 0 saturated carbocycles. The molecule has 4 rings (SSSR count). The molecule has 1 aromatic heterocycles. The first-order chi connectivity index (χ1) is 21.6. The van der Waals surface area contributed by atoms with Gasteiger partial charge in [0, 0.05) is 11.9 Å². The largest absolute Gasteiger partial charge is 0.479 e. The highest BCUT2D eigenvalue weighted by Crippen LogP contribution is 2.28. The number of aliphatic hydroxyl groups is 1. The van der Waals surface area contributed by atoms with E-state index in [1.807, 2.05) is 51.1 Å². The number of nitrogens with one attached hydrogen (secondary N) is 3. The number of nitrogens with zero attached hydrogens (tertiary/aromatic N) is 2. The zero-order valence-electron chi connectivity index (χ0n) is 27.2. The van der Waals surface area contributed by atoms with Gasteiger partial charge in [0.05, 0.1) is 36.1 Å². The van der Waals surface area contributed by atoms with Gasteiger partial charge in [0.25, 0.3) is 5.91 Å². The van der Waals surface area contributed by atoms with Gasteiger partial charge in [-0.3, -0.25) is 24.4 Å². The van der Waals surface area contributed by atoms with Gasteiger partial charge < -0.3 is 30.3 Å². The number of hydrazine groups is 1. The fraction of sp³-hybridized carbons (Fsp3) is 0.545. The maximum Gasteiger partial charge on any atom is 0.342 e. The van der Waals surface area contributed by atoms with Crippen molar-refractivity contribution >= 4 is 40.7 Å². The number of benzene rings is 1. The number of hydrogen-bond acceptors (Lipinski definition) is 9. The highest BCUT2D eigenvalue weighted by atomic mass is 16.6. The minimum Gasteiger partial charge on any atom is -0.479 e. The van der Waals surface area contributed by atoms with Crippen molar-refractivity contribution in [2.45, 2.75) is 89.8 Å². The number of carboxylic acid groups (broad SMARTS) is 1. The third-order valence-corrected chi connectivity index (χ3v) is 8.20. The Morgan fingerprint density at radius 1 is 1.07 bits per heavy atom. The number of aromatic nitrogens is 1. The summed E-state index contributed by atoms with van der Waals surface area (Å²) in [5.41, 5.74) is 2.84. The Morgan fingerprint density at radius 2 is 1.78 bits per heavy atom. The summed E-state index contributed by atoms with van der Waals surface area (Å²) < 4.78 is 11.5. The Morgan fingerprint density at radius 3 is 2.43 bits per heavy atom.